The molecule has 8 heteroatoms. The topological polar surface area (TPSA) is 85.9 Å². The normalized spacial score (nSPS) is 10.2. The number of benzene rings is 2. The maximum absolute atomic E-state index is 12.6. The summed E-state index contributed by atoms with van der Waals surface area (Å²) in [5.41, 5.74) is 5.44. The van der Waals surface area contributed by atoms with Gasteiger partial charge in [-0.1, -0.05) is 35.0 Å². The van der Waals surface area contributed by atoms with Gasteiger partial charge in [0.2, 0.25) is 0 Å². The van der Waals surface area contributed by atoms with Gasteiger partial charge in [0.05, 0.1) is 24.3 Å². The maximum Gasteiger partial charge on any atom is 0.273 e. The van der Waals surface area contributed by atoms with E-state index in [1.165, 1.54) is 0 Å². The number of carbonyl (C=O) groups excluding carboxylic acids is 2. The number of nitrogens with one attached hydrogen (secondary N) is 2. The van der Waals surface area contributed by atoms with E-state index < -0.39 is 11.8 Å². The third kappa shape index (κ3) is 6.24. The average Bonchev–Trinajstić information content (AvgIpc) is 2.71. The van der Waals surface area contributed by atoms with Gasteiger partial charge in [-0.25, -0.2) is 0 Å². The number of hydrazine groups is 1. The fourth-order valence-electron chi connectivity index (χ4n) is 2.28. The molecular weight excluding hydrogens is 428 g/mol. The predicted octanol–water partition coefficient (Wildman–Crippen LogP) is 3.34. The van der Waals surface area contributed by atoms with E-state index in [2.05, 4.69) is 26.8 Å². The van der Waals surface area contributed by atoms with Crippen LogP contribution in [0.3, 0.4) is 0 Å². The van der Waals surface area contributed by atoms with E-state index in [9.17, 15) is 9.59 Å². The van der Waals surface area contributed by atoms with Crippen molar-refractivity contribution in [1.29, 1.82) is 0 Å². The van der Waals surface area contributed by atoms with Crippen LogP contribution in [-0.2, 0) is 4.74 Å². The van der Waals surface area contributed by atoms with Gasteiger partial charge in [0, 0.05) is 11.6 Å². The number of hydrogen-bond donors (Lipinski definition) is 2. The number of amides is 2. The van der Waals surface area contributed by atoms with Crippen molar-refractivity contribution < 1.29 is 23.8 Å². The van der Waals surface area contributed by atoms with E-state index in [4.69, 9.17) is 14.2 Å². The van der Waals surface area contributed by atoms with Crippen molar-refractivity contribution in [2.75, 3.05) is 26.9 Å². The monoisotopic (exact) mass is 450 g/mol. The SMILES string of the molecule is CCCOc1ccccc1C(=O)NNC(=O)c1cc(Br)ccc1OCCOC. The third-order valence-electron chi connectivity index (χ3n) is 3.61. The fourth-order valence-corrected chi connectivity index (χ4v) is 2.64. The molecule has 150 valence electrons. The molecular formula is C20H23BrN2O5. The van der Waals surface area contributed by atoms with Crippen LogP contribution in [-0.4, -0.2) is 38.7 Å². The molecule has 28 heavy (non-hydrogen) atoms. The minimum atomic E-state index is -0.506. The van der Waals surface area contributed by atoms with E-state index >= 15 is 0 Å². The zero-order valence-electron chi connectivity index (χ0n) is 15.8. The van der Waals surface area contributed by atoms with Gasteiger partial charge in [0.1, 0.15) is 18.1 Å². The van der Waals surface area contributed by atoms with Crippen molar-refractivity contribution >= 4 is 27.7 Å². The predicted molar refractivity (Wildman–Crippen MR) is 109 cm³/mol. The third-order valence-corrected chi connectivity index (χ3v) is 4.11. The van der Waals surface area contributed by atoms with Gasteiger partial charge in [-0.05, 0) is 36.8 Å². The summed E-state index contributed by atoms with van der Waals surface area (Å²) in [4.78, 5) is 25.0. The molecule has 0 radical (unpaired) electrons. The molecule has 7 nitrogen and oxygen atoms in total. The Balaban J connectivity index is 2.06. The molecule has 2 aromatic carbocycles. The smallest absolute Gasteiger partial charge is 0.273 e. The van der Waals surface area contributed by atoms with Gasteiger partial charge in [-0.3, -0.25) is 20.4 Å². The standard InChI is InChI=1S/C20H23BrN2O5/c1-3-10-27-17-7-5-4-6-15(17)19(24)22-23-20(25)16-13-14(21)8-9-18(16)28-12-11-26-2/h4-9,13H,3,10-12H2,1-2H3,(H,22,24)(H,23,25). The zero-order chi connectivity index (χ0) is 20.4. The Morgan fingerprint density at radius 1 is 0.893 bits per heavy atom. The second kappa shape index (κ2) is 11.3. The molecule has 0 spiro atoms. The molecule has 0 bridgehead atoms. The Bertz CT molecular complexity index is 813. The lowest BCUT2D eigenvalue weighted by Gasteiger charge is -2.14. The Hall–Kier alpha value is -2.58. The summed E-state index contributed by atoms with van der Waals surface area (Å²) >= 11 is 3.33. The van der Waals surface area contributed by atoms with E-state index in [0.29, 0.717) is 41.4 Å². The van der Waals surface area contributed by atoms with Crippen molar-refractivity contribution in [3.63, 3.8) is 0 Å². The van der Waals surface area contributed by atoms with Crippen LogP contribution in [0.1, 0.15) is 34.1 Å². The number of hydrogen-bond acceptors (Lipinski definition) is 5. The summed E-state index contributed by atoms with van der Waals surface area (Å²) in [6.07, 6.45) is 0.821. The highest BCUT2D eigenvalue weighted by molar-refractivity contribution is 9.10. The van der Waals surface area contributed by atoms with E-state index in [1.807, 2.05) is 6.92 Å². The Labute approximate surface area is 172 Å². The summed E-state index contributed by atoms with van der Waals surface area (Å²) in [6.45, 7) is 3.17. The molecule has 0 aromatic heterocycles. The summed E-state index contributed by atoms with van der Waals surface area (Å²) in [6, 6.07) is 11.9. The highest BCUT2D eigenvalue weighted by atomic mass is 79.9. The van der Waals surface area contributed by atoms with Crippen molar-refractivity contribution in [3.05, 3.63) is 58.1 Å². The van der Waals surface area contributed by atoms with Gasteiger partial charge in [0.15, 0.2) is 0 Å². The summed E-state index contributed by atoms with van der Waals surface area (Å²) in [5.74, 6) is -0.133. The van der Waals surface area contributed by atoms with Gasteiger partial charge >= 0.3 is 0 Å². The summed E-state index contributed by atoms with van der Waals surface area (Å²) in [5, 5.41) is 0. The second-order valence-electron chi connectivity index (χ2n) is 5.73. The van der Waals surface area contributed by atoms with Crippen LogP contribution in [0.2, 0.25) is 0 Å². The highest BCUT2D eigenvalue weighted by Crippen LogP contribution is 2.23. The van der Waals surface area contributed by atoms with Gasteiger partial charge in [0.25, 0.3) is 11.8 Å². The fraction of sp³-hybridized carbons (Fsp3) is 0.300. The van der Waals surface area contributed by atoms with Crippen molar-refractivity contribution in [1.82, 2.24) is 10.9 Å². The maximum atomic E-state index is 12.6. The van der Waals surface area contributed by atoms with Crippen molar-refractivity contribution in [2.45, 2.75) is 13.3 Å². The molecule has 0 unspecified atom stereocenters. The zero-order valence-corrected chi connectivity index (χ0v) is 17.4. The Kier molecular flexibility index (Phi) is 8.77. The first kappa shape index (κ1) is 21.7. The molecule has 2 rings (SSSR count). The summed E-state index contributed by atoms with van der Waals surface area (Å²) in [7, 11) is 1.57. The molecule has 0 fully saturated rings. The molecule has 2 N–H and O–H groups in total. The van der Waals surface area contributed by atoms with Gasteiger partial charge in [-0.15, -0.1) is 0 Å². The lowest BCUT2D eigenvalue weighted by molar-refractivity contribution is 0.0840. The van der Waals surface area contributed by atoms with Gasteiger partial charge in [-0.2, -0.15) is 0 Å². The van der Waals surface area contributed by atoms with Crippen molar-refractivity contribution in [2.24, 2.45) is 0 Å². The highest BCUT2D eigenvalue weighted by Gasteiger charge is 2.16. The molecule has 0 heterocycles. The number of para-hydroxylation sites is 1. The molecule has 0 aliphatic heterocycles. The quantitative estimate of drug-likeness (QED) is 0.451. The van der Waals surface area contributed by atoms with Gasteiger partial charge < -0.3 is 14.2 Å². The molecule has 0 aliphatic rings. The van der Waals surface area contributed by atoms with Crippen LogP contribution in [0, 0.1) is 0 Å². The molecule has 2 aromatic rings. The lowest BCUT2D eigenvalue weighted by Crippen LogP contribution is -2.42. The first-order valence-electron chi connectivity index (χ1n) is 8.80. The summed E-state index contributed by atoms with van der Waals surface area (Å²) < 4.78 is 16.8. The van der Waals surface area contributed by atoms with E-state index in [-0.39, 0.29) is 5.56 Å². The minimum Gasteiger partial charge on any atom is -0.493 e. The largest absolute Gasteiger partial charge is 0.493 e. The molecule has 0 saturated heterocycles. The van der Waals surface area contributed by atoms with E-state index in [1.54, 1.807) is 49.6 Å². The molecule has 0 saturated carbocycles. The van der Waals surface area contributed by atoms with E-state index in [0.717, 1.165) is 6.42 Å². The van der Waals surface area contributed by atoms with Crippen LogP contribution >= 0.6 is 15.9 Å². The molecule has 2 amide bonds. The molecule has 0 atom stereocenters. The second-order valence-corrected chi connectivity index (χ2v) is 6.65. The van der Waals surface area contributed by atoms with Crippen molar-refractivity contribution in [3.8, 4) is 11.5 Å². The number of methoxy groups -OCH3 is 1. The number of carbonyl (C=O) groups is 2. The van der Waals surface area contributed by atoms with Crippen LogP contribution in [0.15, 0.2) is 46.9 Å². The first-order chi connectivity index (χ1) is 13.6. The average molecular weight is 451 g/mol. The number of rotatable bonds is 9. The van der Waals surface area contributed by atoms with Crippen LogP contribution < -0.4 is 20.3 Å². The van der Waals surface area contributed by atoms with Crippen LogP contribution in [0.5, 0.6) is 11.5 Å². The minimum absolute atomic E-state index is 0.279. The molecule has 0 aliphatic carbocycles. The Morgan fingerprint density at radius 3 is 2.25 bits per heavy atom. The number of ether oxygens (including phenoxy) is 3. The first-order valence-corrected chi connectivity index (χ1v) is 9.60. The van der Waals surface area contributed by atoms with Crippen LogP contribution in [0.25, 0.3) is 0 Å². The Morgan fingerprint density at radius 2 is 1.54 bits per heavy atom. The lowest BCUT2D eigenvalue weighted by atomic mass is 10.2. The van der Waals surface area contributed by atoms with Crippen LogP contribution in [0.4, 0.5) is 0 Å². The number of halogens is 1.